The maximum absolute atomic E-state index is 13.0. The summed E-state index contributed by atoms with van der Waals surface area (Å²) in [6, 6.07) is 19.8. The Morgan fingerprint density at radius 1 is 0.914 bits per heavy atom. The van der Waals surface area contributed by atoms with Gasteiger partial charge in [-0.2, -0.15) is 0 Å². The first-order chi connectivity index (χ1) is 17.0. The Balaban J connectivity index is 1.41. The molecule has 4 rings (SSSR count). The van der Waals surface area contributed by atoms with Crippen molar-refractivity contribution in [3.63, 3.8) is 0 Å². The van der Waals surface area contributed by atoms with Crippen LogP contribution < -0.4 is 15.4 Å². The van der Waals surface area contributed by atoms with Gasteiger partial charge in [-0.25, -0.2) is 9.37 Å². The average Bonchev–Trinajstić information content (AvgIpc) is 2.89. The molecule has 9 heteroatoms. The number of aliphatic hydroxyl groups is 1. The lowest BCUT2D eigenvalue weighted by Crippen LogP contribution is -2.46. The Labute approximate surface area is 200 Å². The minimum absolute atomic E-state index is 0.260. The molecule has 0 aliphatic heterocycles. The fraction of sp³-hybridized carbons (Fsp3) is 0.0769. The van der Waals surface area contributed by atoms with Gasteiger partial charge < -0.3 is 20.5 Å². The number of nitrogens with one attached hydrogen (secondary N) is 2. The Kier molecular flexibility index (Phi) is 7.39. The first-order valence-corrected chi connectivity index (χ1v) is 10.7. The molecule has 0 spiro atoms. The number of aliphatic hydroxyl groups excluding tert-OH is 1. The van der Waals surface area contributed by atoms with Gasteiger partial charge >= 0.3 is 0 Å². The molecule has 1 atom stereocenters. The van der Waals surface area contributed by atoms with Gasteiger partial charge in [0.2, 0.25) is 0 Å². The van der Waals surface area contributed by atoms with E-state index < -0.39 is 24.5 Å². The van der Waals surface area contributed by atoms with E-state index in [1.807, 2.05) is 0 Å². The van der Waals surface area contributed by atoms with E-state index >= 15 is 0 Å². The summed E-state index contributed by atoms with van der Waals surface area (Å²) in [7, 11) is 0. The molecule has 0 aliphatic rings. The second-order valence-corrected chi connectivity index (χ2v) is 7.42. The molecule has 0 radical (unpaired) electrons. The number of carbonyl (C=O) groups excluding carboxylic acids is 2. The number of ether oxygens (including phenoxy) is 1. The van der Waals surface area contributed by atoms with Crippen LogP contribution in [0.15, 0.2) is 91.3 Å². The SMILES string of the molecule is O=C(NC(CO)C(=O)Nc1cccc(-c2ccc(Oc3ccc(F)cc3)cc2)n1)c1ccncc1. The van der Waals surface area contributed by atoms with Crippen LogP contribution in [0.2, 0.25) is 0 Å². The van der Waals surface area contributed by atoms with Gasteiger partial charge in [0.15, 0.2) is 0 Å². The molecule has 0 saturated carbocycles. The van der Waals surface area contributed by atoms with Gasteiger partial charge in [0.1, 0.15) is 29.2 Å². The lowest BCUT2D eigenvalue weighted by Gasteiger charge is -2.16. The van der Waals surface area contributed by atoms with E-state index in [0.717, 1.165) is 5.56 Å². The average molecular weight is 472 g/mol. The second-order valence-electron chi connectivity index (χ2n) is 7.42. The molecule has 2 aromatic carbocycles. The number of aromatic nitrogens is 2. The topological polar surface area (TPSA) is 113 Å². The first kappa shape index (κ1) is 23.5. The van der Waals surface area contributed by atoms with Crippen molar-refractivity contribution in [2.75, 3.05) is 11.9 Å². The number of rotatable bonds is 8. The Morgan fingerprint density at radius 3 is 2.23 bits per heavy atom. The van der Waals surface area contributed by atoms with Gasteiger partial charge in [-0.15, -0.1) is 0 Å². The summed E-state index contributed by atoms with van der Waals surface area (Å²) in [5.74, 6) is -0.117. The molecule has 2 aromatic heterocycles. The van der Waals surface area contributed by atoms with E-state index in [2.05, 4.69) is 20.6 Å². The molecule has 0 fully saturated rings. The quantitative estimate of drug-likeness (QED) is 0.360. The molecule has 0 saturated heterocycles. The highest BCUT2D eigenvalue weighted by Crippen LogP contribution is 2.25. The van der Waals surface area contributed by atoms with Crippen molar-refractivity contribution >= 4 is 17.6 Å². The van der Waals surface area contributed by atoms with Gasteiger partial charge in [0.05, 0.1) is 12.3 Å². The number of pyridine rings is 2. The van der Waals surface area contributed by atoms with Crippen LogP contribution in [0, 0.1) is 5.82 Å². The predicted octanol–water partition coefficient (Wildman–Crippen LogP) is 3.80. The standard InChI is InChI=1S/C26H21FN4O4/c27-19-6-10-21(11-7-19)35-20-8-4-17(5-9-20)22-2-1-3-24(29-22)31-26(34)23(16-32)30-25(33)18-12-14-28-15-13-18/h1-15,23,32H,16H2,(H,30,33)(H,29,31,34). The van der Waals surface area contributed by atoms with E-state index in [1.165, 1.54) is 48.8 Å². The smallest absolute Gasteiger partial charge is 0.252 e. The summed E-state index contributed by atoms with van der Waals surface area (Å²) in [6.45, 7) is -0.585. The summed E-state index contributed by atoms with van der Waals surface area (Å²) < 4.78 is 18.7. The molecule has 0 bridgehead atoms. The Bertz CT molecular complexity index is 1300. The van der Waals surface area contributed by atoms with Crippen molar-refractivity contribution in [1.29, 1.82) is 0 Å². The van der Waals surface area contributed by atoms with E-state index in [4.69, 9.17) is 4.74 Å². The minimum atomic E-state index is -1.16. The van der Waals surface area contributed by atoms with Crippen molar-refractivity contribution in [3.8, 4) is 22.8 Å². The van der Waals surface area contributed by atoms with Crippen LogP contribution in [-0.2, 0) is 4.79 Å². The largest absolute Gasteiger partial charge is 0.457 e. The number of nitrogens with zero attached hydrogens (tertiary/aromatic N) is 2. The third kappa shape index (κ3) is 6.24. The van der Waals surface area contributed by atoms with Crippen LogP contribution in [0.4, 0.5) is 10.2 Å². The van der Waals surface area contributed by atoms with Gasteiger partial charge in [-0.3, -0.25) is 14.6 Å². The number of anilines is 1. The van der Waals surface area contributed by atoms with E-state index in [0.29, 0.717) is 22.8 Å². The lowest BCUT2D eigenvalue weighted by molar-refractivity contribution is -0.118. The number of amides is 2. The number of benzene rings is 2. The lowest BCUT2D eigenvalue weighted by atomic mass is 10.1. The molecule has 1 unspecified atom stereocenters. The first-order valence-electron chi connectivity index (χ1n) is 10.7. The molecule has 176 valence electrons. The Morgan fingerprint density at radius 2 is 1.57 bits per heavy atom. The van der Waals surface area contributed by atoms with Gasteiger partial charge in [0.25, 0.3) is 11.8 Å². The summed E-state index contributed by atoms with van der Waals surface area (Å²) in [6.07, 6.45) is 2.92. The van der Waals surface area contributed by atoms with Gasteiger partial charge in [0, 0.05) is 23.5 Å². The third-order valence-electron chi connectivity index (χ3n) is 4.95. The maximum Gasteiger partial charge on any atom is 0.252 e. The molecular weight excluding hydrogens is 451 g/mol. The molecule has 4 aromatic rings. The van der Waals surface area contributed by atoms with Gasteiger partial charge in [-0.1, -0.05) is 6.07 Å². The van der Waals surface area contributed by atoms with Gasteiger partial charge in [-0.05, 0) is 72.8 Å². The van der Waals surface area contributed by atoms with Crippen LogP contribution in [0.1, 0.15) is 10.4 Å². The highest BCUT2D eigenvalue weighted by atomic mass is 19.1. The Hall–Kier alpha value is -4.63. The van der Waals surface area contributed by atoms with Crippen LogP contribution in [0.5, 0.6) is 11.5 Å². The highest BCUT2D eigenvalue weighted by molar-refractivity contribution is 6.00. The van der Waals surface area contributed by atoms with Crippen LogP contribution in [-0.4, -0.2) is 39.5 Å². The number of hydrogen-bond donors (Lipinski definition) is 3. The summed E-state index contributed by atoms with van der Waals surface area (Å²) >= 11 is 0. The van der Waals surface area contributed by atoms with Crippen molar-refractivity contribution in [2.45, 2.75) is 6.04 Å². The zero-order valence-corrected chi connectivity index (χ0v) is 18.4. The molecule has 35 heavy (non-hydrogen) atoms. The summed E-state index contributed by atoms with van der Waals surface area (Å²) in [4.78, 5) is 33.2. The molecular formula is C26H21FN4O4. The molecule has 2 amide bonds. The zero-order valence-electron chi connectivity index (χ0n) is 18.4. The van der Waals surface area contributed by atoms with E-state index in [1.54, 1.807) is 42.5 Å². The second kappa shape index (κ2) is 11.0. The summed E-state index contributed by atoms with van der Waals surface area (Å²) in [5, 5.41) is 14.7. The minimum Gasteiger partial charge on any atom is -0.457 e. The normalized spacial score (nSPS) is 11.4. The van der Waals surface area contributed by atoms with E-state index in [-0.39, 0.29) is 11.6 Å². The molecule has 3 N–H and O–H groups in total. The zero-order chi connectivity index (χ0) is 24.6. The van der Waals surface area contributed by atoms with Crippen molar-refractivity contribution in [2.24, 2.45) is 0 Å². The number of hydrogen-bond acceptors (Lipinski definition) is 6. The predicted molar refractivity (Wildman–Crippen MR) is 127 cm³/mol. The molecule has 8 nitrogen and oxygen atoms in total. The fourth-order valence-electron chi connectivity index (χ4n) is 3.15. The number of halogens is 1. The van der Waals surface area contributed by atoms with Crippen molar-refractivity contribution < 1.29 is 23.8 Å². The van der Waals surface area contributed by atoms with E-state index in [9.17, 15) is 19.1 Å². The summed E-state index contributed by atoms with van der Waals surface area (Å²) in [5.41, 5.74) is 1.69. The molecule has 2 heterocycles. The highest BCUT2D eigenvalue weighted by Gasteiger charge is 2.21. The van der Waals surface area contributed by atoms with Crippen LogP contribution >= 0.6 is 0 Å². The molecule has 0 aliphatic carbocycles. The fourth-order valence-corrected chi connectivity index (χ4v) is 3.15. The van der Waals surface area contributed by atoms with Crippen LogP contribution in [0.3, 0.4) is 0 Å². The number of carbonyl (C=O) groups is 2. The monoisotopic (exact) mass is 472 g/mol. The third-order valence-corrected chi connectivity index (χ3v) is 4.95. The van der Waals surface area contributed by atoms with Crippen molar-refractivity contribution in [3.05, 3.63) is 103 Å². The van der Waals surface area contributed by atoms with Crippen LogP contribution in [0.25, 0.3) is 11.3 Å². The van der Waals surface area contributed by atoms with Crippen molar-refractivity contribution in [1.82, 2.24) is 15.3 Å². The maximum atomic E-state index is 13.0.